The molecule has 0 bridgehead atoms. The van der Waals surface area contributed by atoms with Gasteiger partial charge in [0.2, 0.25) is 0 Å². The van der Waals surface area contributed by atoms with E-state index < -0.39 is 0 Å². The molecule has 2 rings (SSSR count). The molecule has 0 heterocycles. The van der Waals surface area contributed by atoms with E-state index in [1.165, 1.54) is 16.5 Å². The van der Waals surface area contributed by atoms with E-state index in [2.05, 4.69) is 65.1 Å². The second-order valence-electron chi connectivity index (χ2n) is 4.54. The van der Waals surface area contributed by atoms with Gasteiger partial charge >= 0.3 is 5.97 Å². The number of halogens is 1. The normalized spacial score (nSPS) is 10.8. The molecule has 0 spiro atoms. The number of rotatable bonds is 6. The highest BCUT2D eigenvalue weighted by Gasteiger charge is 2.02. The van der Waals surface area contributed by atoms with Gasteiger partial charge in [-0.25, -0.2) is 4.79 Å². The maximum absolute atomic E-state index is 11.4. The Morgan fingerprint density at radius 3 is 2.73 bits per heavy atom. The monoisotopic (exact) mass is 424 g/mol. The zero-order valence-corrected chi connectivity index (χ0v) is 15.3. The molecule has 0 N–H and O–H groups in total. The molecule has 0 aromatic heterocycles. The zero-order valence-electron chi connectivity index (χ0n) is 12.3. The maximum Gasteiger partial charge on any atom is 0.330 e. The summed E-state index contributed by atoms with van der Waals surface area (Å²) < 4.78 is 6.02. The van der Waals surface area contributed by atoms with Crippen LogP contribution in [0.5, 0.6) is 0 Å². The van der Waals surface area contributed by atoms with E-state index in [1.54, 1.807) is 18.7 Å². The number of carbonyl (C=O) groups is 1. The zero-order chi connectivity index (χ0) is 15.8. The fourth-order valence-electron chi connectivity index (χ4n) is 1.83. The summed E-state index contributed by atoms with van der Waals surface area (Å²) in [5.41, 5.74) is 2.33. The Balaban J connectivity index is 2.04. The Morgan fingerprint density at radius 2 is 2.00 bits per heavy atom. The highest BCUT2D eigenvalue weighted by Crippen LogP contribution is 2.26. The molecule has 2 aromatic rings. The van der Waals surface area contributed by atoms with Gasteiger partial charge in [0.05, 0.1) is 6.61 Å². The van der Waals surface area contributed by atoms with Crippen molar-refractivity contribution in [3.05, 3.63) is 69.3 Å². The van der Waals surface area contributed by atoms with E-state index in [0.29, 0.717) is 6.61 Å². The van der Waals surface area contributed by atoms with Crippen LogP contribution >= 0.6 is 34.4 Å². The van der Waals surface area contributed by atoms with Crippen LogP contribution in [0.4, 0.5) is 0 Å². The average molecular weight is 424 g/mol. The van der Waals surface area contributed by atoms with Crippen molar-refractivity contribution in [3.8, 4) is 0 Å². The molecule has 0 fully saturated rings. The van der Waals surface area contributed by atoms with Gasteiger partial charge in [-0.15, -0.1) is 11.8 Å². The molecule has 22 heavy (non-hydrogen) atoms. The molecule has 114 valence electrons. The van der Waals surface area contributed by atoms with Crippen LogP contribution in [0.15, 0.2) is 59.5 Å². The summed E-state index contributed by atoms with van der Waals surface area (Å²) in [4.78, 5) is 12.6. The quantitative estimate of drug-likeness (QED) is 0.277. The summed E-state index contributed by atoms with van der Waals surface area (Å²) >= 11 is 4.06. The van der Waals surface area contributed by atoms with Gasteiger partial charge in [0.1, 0.15) is 0 Å². The predicted octanol–water partition coefficient (Wildman–Crippen LogP) is 5.16. The summed E-state index contributed by atoms with van der Waals surface area (Å²) in [7, 11) is 0. The SMILES string of the molecule is CCOC(=O)C=Cc1cc(SCc2ccccc2)ccc1I. The van der Waals surface area contributed by atoms with E-state index in [1.807, 2.05) is 12.1 Å². The third kappa shape index (κ3) is 5.50. The molecule has 0 radical (unpaired) electrons. The van der Waals surface area contributed by atoms with Crippen LogP contribution in [0.2, 0.25) is 0 Å². The van der Waals surface area contributed by atoms with Gasteiger partial charge in [-0.05, 0) is 64.9 Å². The Kier molecular flexibility index (Phi) is 6.99. The van der Waals surface area contributed by atoms with Gasteiger partial charge in [-0.2, -0.15) is 0 Å². The minimum absolute atomic E-state index is 0.305. The van der Waals surface area contributed by atoms with Crippen molar-refractivity contribution in [2.75, 3.05) is 6.61 Å². The molecular formula is C18H17IO2S. The van der Waals surface area contributed by atoms with Gasteiger partial charge in [0.15, 0.2) is 0 Å². The van der Waals surface area contributed by atoms with Gasteiger partial charge < -0.3 is 4.74 Å². The molecule has 0 saturated heterocycles. The summed E-state index contributed by atoms with van der Waals surface area (Å²) in [6.45, 7) is 2.20. The second kappa shape index (κ2) is 9.00. The van der Waals surface area contributed by atoms with Crippen LogP contribution < -0.4 is 0 Å². The lowest BCUT2D eigenvalue weighted by Gasteiger charge is -2.05. The van der Waals surface area contributed by atoms with Crippen molar-refractivity contribution < 1.29 is 9.53 Å². The van der Waals surface area contributed by atoms with E-state index in [0.717, 1.165) is 14.9 Å². The minimum Gasteiger partial charge on any atom is -0.463 e. The van der Waals surface area contributed by atoms with Crippen LogP contribution in [-0.4, -0.2) is 12.6 Å². The highest BCUT2D eigenvalue weighted by molar-refractivity contribution is 14.1. The van der Waals surface area contributed by atoms with Crippen molar-refractivity contribution >= 4 is 46.4 Å². The van der Waals surface area contributed by atoms with Crippen LogP contribution in [0.3, 0.4) is 0 Å². The van der Waals surface area contributed by atoms with Crippen molar-refractivity contribution in [1.29, 1.82) is 0 Å². The molecule has 4 heteroatoms. The largest absolute Gasteiger partial charge is 0.463 e. The Hall–Kier alpha value is -1.27. The van der Waals surface area contributed by atoms with Crippen LogP contribution in [0, 0.1) is 3.57 Å². The molecule has 0 unspecified atom stereocenters. The molecule has 0 aliphatic carbocycles. The van der Waals surface area contributed by atoms with E-state index in [9.17, 15) is 4.79 Å². The lowest BCUT2D eigenvalue weighted by molar-refractivity contribution is -0.137. The summed E-state index contributed by atoms with van der Waals surface area (Å²) in [6, 6.07) is 16.7. The second-order valence-corrected chi connectivity index (χ2v) is 6.75. The molecule has 0 atom stereocenters. The number of hydrogen-bond acceptors (Lipinski definition) is 3. The molecular weight excluding hydrogens is 407 g/mol. The van der Waals surface area contributed by atoms with Crippen molar-refractivity contribution in [2.45, 2.75) is 17.6 Å². The van der Waals surface area contributed by atoms with Crippen LogP contribution in [-0.2, 0) is 15.3 Å². The summed E-state index contributed by atoms with van der Waals surface area (Å²) in [6.07, 6.45) is 3.29. The predicted molar refractivity (Wildman–Crippen MR) is 101 cm³/mol. The summed E-state index contributed by atoms with van der Waals surface area (Å²) in [5.74, 6) is 0.628. The first kappa shape index (κ1) is 17.1. The van der Waals surface area contributed by atoms with Crippen molar-refractivity contribution in [3.63, 3.8) is 0 Å². The minimum atomic E-state index is -0.305. The van der Waals surface area contributed by atoms with Gasteiger partial charge in [0.25, 0.3) is 0 Å². The summed E-state index contributed by atoms with van der Waals surface area (Å²) in [5, 5.41) is 0. The maximum atomic E-state index is 11.4. The third-order valence-corrected chi connectivity index (χ3v) is 4.95. The molecule has 0 amide bonds. The topological polar surface area (TPSA) is 26.3 Å². The van der Waals surface area contributed by atoms with Crippen molar-refractivity contribution in [1.82, 2.24) is 0 Å². The first-order valence-corrected chi connectivity index (χ1v) is 9.06. The Morgan fingerprint density at radius 1 is 1.23 bits per heavy atom. The molecule has 2 aromatic carbocycles. The van der Waals surface area contributed by atoms with Crippen molar-refractivity contribution in [2.24, 2.45) is 0 Å². The molecule has 2 nitrogen and oxygen atoms in total. The number of benzene rings is 2. The third-order valence-electron chi connectivity index (χ3n) is 2.90. The van der Waals surface area contributed by atoms with Crippen LogP contribution in [0.25, 0.3) is 6.08 Å². The molecule has 0 aliphatic heterocycles. The first-order chi connectivity index (χ1) is 10.7. The lowest BCUT2D eigenvalue weighted by Crippen LogP contribution is -1.98. The fourth-order valence-corrected chi connectivity index (χ4v) is 3.24. The van der Waals surface area contributed by atoms with E-state index >= 15 is 0 Å². The Bertz CT molecular complexity index is 653. The number of ether oxygens (including phenoxy) is 1. The standard InChI is InChI=1S/C18H17IO2S/c1-2-21-18(20)11-8-15-12-16(9-10-17(15)19)22-13-14-6-4-3-5-7-14/h3-12H,2,13H2,1H3. The van der Waals surface area contributed by atoms with Crippen LogP contribution in [0.1, 0.15) is 18.1 Å². The smallest absolute Gasteiger partial charge is 0.330 e. The van der Waals surface area contributed by atoms with Gasteiger partial charge in [-0.1, -0.05) is 30.3 Å². The van der Waals surface area contributed by atoms with Gasteiger partial charge in [0, 0.05) is 20.3 Å². The Labute approximate surface area is 149 Å². The first-order valence-electron chi connectivity index (χ1n) is 7.00. The van der Waals surface area contributed by atoms with Gasteiger partial charge in [-0.3, -0.25) is 0 Å². The lowest BCUT2D eigenvalue weighted by atomic mass is 10.2. The number of thioether (sulfide) groups is 1. The number of esters is 1. The highest BCUT2D eigenvalue weighted by atomic mass is 127. The van der Waals surface area contributed by atoms with E-state index in [4.69, 9.17) is 4.74 Å². The van der Waals surface area contributed by atoms with E-state index in [-0.39, 0.29) is 5.97 Å². The molecule has 0 saturated carbocycles. The average Bonchev–Trinajstić information content (AvgIpc) is 2.54. The number of carbonyl (C=O) groups excluding carboxylic acids is 1. The molecule has 0 aliphatic rings. The number of hydrogen-bond donors (Lipinski definition) is 0. The fraction of sp³-hybridized carbons (Fsp3) is 0.167.